The molecule has 92 valence electrons. The Morgan fingerprint density at radius 3 is 2.19 bits per heavy atom. The third-order valence-electron chi connectivity index (χ3n) is 3.85. The molecule has 0 saturated heterocycles. The van der Waals surface area contributed by atoms with E-state index >= 15 is 0 Å². The summed E-state index contributed by atoms with van der Waals surface area (Å²) in [7, 11) is 0. The lowest BCUT2D eigenvalue weighted by Gasteiger charge is -2.44. The lowest BCUT2D eigenvalue weighted by molar-refractivity contribution is -0.126. The minimum Gasteiger partial charge on any atom is -0.353 e. The first kappa shape index (κ1) is 11.8. The quantitative estimate of drug-likeness (QED) is 0.777. The van der Waals surface area contributed by atoms with Crippen molar-refractivity contribution in [1.29, 1.82) is 0 Å². The van der Waals surface area contributed by atoms with Crippen LogP contribution in [0.3, 0.4) is 0 Å². The third kappa shape index (κ3) is 2.20. The van der Waals surface area contributed by atoms with Gasteiger partial charge in [-0.2, -0.15) is 0 Å². The first-order valence-corrected chi connectivity index (χ1v) is 5.88. The van der Waals surface area contributed by atoms with Crippen molar-refractivity contribution in [2.24, 2.45) is 17.3 Å². The van der Waals surface area contributed by atoms with E-state index in [1.807, 2.05) is 0 Å². The van der Waals surface area contributed by atoms with E-state index in [4.69, 9.17) is 0 Å². The molecule has 2 saturated carbocycles. The van der Waals surface area contributed by atoms with Gasteiger partial charge in [0.05, 0.1) is 0 Å². The van der Waals surface area contributed by atoms with Crippen molar-refractivity contribution in [3.05, 3.63) is 0 Å². The largest absolute Gasteiger partial charge is 0.353 e. The molecule has 2 nitrogen and oxygen atoms in total. The van der Waals surface area contributed by atoms with E-state index in [2.05, 4.69) is 26.1 Å². The van der Waals surface area contributed by atoms with Crippen LogP contribution in [-0.2, 0) is 4.79 Å². The average molecular weight is 231 g/mol. The predicted octanol–water partition coefficient (Wildman–Crippen LogP) is 2.58. The molecule has 0 aromatic rings. The summed E-state index contributed by atoms with van der Waals surface area (Å²) in [5.74, 6) is -3.65. The average Bonchev–Trinajstić information content (AvgIpc) is 2.64. The summed E-state index contributed by atoms with van der Waals surface area (Å²) >= 11 is 0. The molecule has 4 heteroatoms. The summed E-state index contributed by atoms with van der Waals surface area (Å²) in [6.07, 6.45) is 1.58. The Hall–Kier alpha value is -0.670. The zero-order chi connectivity index (χ0) is 12.1. The van der Waals surface area contributed by atoms with Crippen molar-refractivity contribution >= 4 is 5.91 Å². The minimum atomic E-state index is -2.74. The van der Waals surface area contributed by atoms with Crippen LogP contribution in [-0.4, -0.2) is 17.9 Å². The molecular formula is C12H19F2NO. The van der Waals surface area contributed by atoms with E-state index < -0.39 is 17.7 Å². The van der Waals surface area contributed by atoms with Gasteiger partial charge in [-0.15, -0.1) is 0 Å². The summed E-state index contributed by atoms with van der Waals surface area (Å²) in [6, 6.07) is 0.119. The van der Waals surface area contributed by atoms with Crippen LogP contribution < -0.4 is 5.32 Å². The van der Waals surface area contributed by atoms with Gasteiger partial charge in [-0.25, -0.2) is 8.78 Å². The first-order valence-electron chi connectivity index (χ1n) is 5.88. The molecule has 0 radical (unpaired) electrons. The van der Waals surface area contributed by atoms with Crippen molar-refractivity contribution in [3.63, 3.8) is 0 Å². The molecule has 0 heterocycles. The van der Waals surface area contributed by atoms with Crippen LogP contribution in [0.2, 0.25) is 0 Å². The summed E-state index contributed by atoms with van der Waals surface area (Å²) in [5, 5.41) is 2.72. The van der Waals surface area contributed by atoms with Gasteiger partial charge < -0.3 is 5.32 Å². The molecule has 2 aliphatic rings. The Morgan fingerprint density at radius 2 is 1.81 bits per heavy atom. The summed E-state index contributed by atoms with van der Waals surface area (Å²) in [5.41, 5.74) is 0.255. The van der Waals surface area contributed by atoms with E-state index in [9.17, 15) is 13.6 Å². The zero-order valence-electron chi connectivity index (χ0n) is 10.0. The van der Waals surface area contributed by atoms with E-state index in [-0.39, 0.29) is 17.9 Å². The van der Waals surface area contributed by atoms with Crippen molar-refractivity contribution in [1.82, 2.24) is 5.32 Å². The van der Waals surface area contributed by atoms with Crippen LogP contribution in [0.25, 0.3) is 0 Å². The number of nitrogens with one attached hydrogen (secondary N) is 1. The molecule has 16 heavy (non-hydrogen) atoms. The molecule has 0 aromatic carbocycles. The van der Waals surface area contributed by atoms with Crippen LogP contribution in [0.4, 0.5) is 8.78 Å². The van der Waals surface area contributed by atoms with Gasteiger partial charge in [0.1, 0.15) is 5.92 Å². The highest BCUT2D eigenvalue weighted by Gasteiger charge is 2.61. The summed E-state index contributed by atoms with van der Waals surface area (Å²) < 4.78 is 25.2. The second-order valence-corrected chi connectivity index (χ2v) is 6.26. The molecule has 0 aromatic heterocycles. The van der Waals surface area contributed by atoms with Gasteiger partial charge in [0.15, 0.2) is 0 Å². The monoisotopic (exact) mass is 231 g/mol. The van der Waals surface area contributed by atoms with Crippen molar-refractivity contribution in [2.75, 3.05) is 0 Å². The normalized spacial score (nSPS) is 36.4. The Morgan fingerprint density at radius 1 is 1.31 bits per heavy atom. The van der Waals surface area contributed by atoms with Gasteiger partial charge in [0, 0.05) is 12.5 Å². The first-order chi connectivity index (χ1) is 7.20. The minimum absolute atomic E-state index is 0.119. The maximum atomic E-state index is 12.6. The summed E-state index contributed by atoms with van der Waals surface area (Å²) in [6.45, 7) is 6.51. The van der Waals surface area contributed by atoms with E-state index in [1.165, 1.54) is 0 Å². The molecule has 1 atom stereocenters. The highest BCUT2D eigenvalue weighted by atomic mass is 19.3. The van der Waals surface area contributed by atoms with E-state index in [1.54, 1.807) is 0 Å². The number of hydrogen-bond donors (Lipinski definition) is 1. The zero-order valence-corrected chi connectivity index (χ0v) is 10.0. The molecule has 2 fully saturated rings. The van der Waals surface area contributed by atoms with Crippen LogP contribution >= 0.6 is 0 Å². The third-order valence-corrected chi connectivity index (χ3v) is 3.85. The molecule has 1 N–H and O–H groups in total. The Balaban J connectivity index is 1.73. The number of alkyl halides is 2. The fraction of sp³-hybridized carbons (Fsp3) is 0.917. The van der Waals surface area contributed by atoms with Gasteiger partial charge in [-0.1, -0.05) is 20.8 Å². The fourth-order valence-corrected chi connectivity index (χ4v) is 2.24. The van der Waals surface area contributed by atoms with Gasteiger partial charge in [0.25, 0.3) is 5.92 Å². The van der Waals surface area contributed by atoms with Crippen molar-refractivity contribution in [3.8, 4) is 0 Å². The number of amides is 1. The highest BCUT2D eigenvalue weighted by Crippen LogP contribution is 2.49. The lowest BCUT2D eigenvalue weighted by atomic mass is 9.66. The van der Waals surface area contributed by atoms with Gasteiger partial charge in [-0.05, 0) is 24.2 Å². The highest BCUT2D eigenvalue weighted by molar-refractivity contribution is 5.83. The molecule has 1 amide bonds. The molecule has 0 spiro atoms. The van der Waals surface area contributed by atoms with Gasteiger partial charge in [-0.3, -0.25) is 4.79 Å². The van der Waals surface area contributed by atoms with Crippen LogP contribution in [0.1, 0.15) is 40.0 Å². The maximum absolute atomic E-state index is 12.6. The van der Waals surface area contributed by atoms with Gasteiger partial charge >= 0.3 is 0 Å². The van der Waals surface area contributed by atoms with Crippen molar-refractivity contribution < 1.29 is 13.6 Å². The Bertz CT molecular complexity index is 303. The van der Waals surface area contributed by atoms with Crippen LogP contribution in [0.15, 0.2) is 0 Å². The SMILES string of the molecule is CC(C)(C)C1CC(NC(=O)C2CC2(F)F)C1. The van der Waals surface area contributed by atoms with Gasteiger partial charge in [0.2, 0.25) is 5.91 Å². The lowest BCUT2D eigenvalue weighted by Crippen LogP contribution is -2.48. The number of rotatable bonds is 2. The molecule has 0 bridgehead atoms. The number of hydrogen-bond acceptors (Lipinski definition) is 1. The Labute approximate surface area is 94.8 Å². The second-order valence-electron chi connectivity index (χ2n) is 6.26. The van der Waals surface area contributed by atoms with Crippen molar-refractivity contribution in [2.45, 2.75) is 52.0 Å². The second kappa shape index (κ2) is 3.41. The topological polar surface area (TPSA) is 29.1 Å². The molecule has 1 unspecified atom stereocenters. The number of carbonyl (C=O) groups is 1. The Kier molecular flexibility index (Phi) is 2.52. The van der Waals surface area contributed by atoms with Crippen LogP contribution in [0.5, 0.6) is 0 Å². The molecule has 2 rings (SSSR count). The molecular weight excluding hydrogens is 212 g/mol. The standard InChI is InChI=1S/C12H19F2NO/c1-11(2,3)7-4-8(5-7)15-10(16)9-6-12(9,13)14/h7-9H,4-6H2,1-3H3,(H,15,16). The van der Waals surface area contributed by atoms with E-state index in [0.29, 0.717) is 5.92 Å². The molecule has 2 aliphatic carbocycles. The summed E-state index contributed by atoms with van der Waals surface area (Å²) in [4.78, 5) is 11.4. The molecule has 0 aliphatic heterocycles. The fourth-order valence-electron chi connectivity index (χ4n) is 2.24. The number of carbonyl (C=O) groups excluding carboxylic acids is 1. The van der Waals surface area contributed by atoms with E-state index in [0.717, 1.165) is 12.8 Å². The maximum Gasteiger partial charge on any atom is 0.260 e. The number of halogens is 2. The smallest absolute Gasteiger partial charge is 0.260 e. The predicted molar refractivity (Wildman–Crippen MR) is 57.2 cm³/mol. The van der Waals surface area contributed by atoms with Crippen LogP contribution in [0, 0.1) is 17.3 Å².